The van der Waals surface area contributed by atoms with Gasteiger partial charge < -0.3 is 9.73 Å². The van der Waals surface area contributed by atoms with Crippen LogP contribution in [0.15, 0.2) is 34.7 Å². The first kappa shape index (κ1) is 13.7. The van der Waals surface area contributed by atoms with Crippen LogP contribution in [0.1, 0.15) is 32.6 Å². The Morgan fingerprint density at radius 2 is 1.95 bits per heavy atom. The molecule has 4 nitrogen and oxygen atoms in total. The lowest BCUT2D eigenvalue weighted by molar-refractivity contribution is 0.464. The Morgan fingerprint density at radius 3 is 2.68 bits per heavy atom. The van der Waals surface area contributed by atoms with Gasteiger partial charge in [0.1, 0.15) is 0 Å². The van der Waals surface area contributed by atoms with Gasteiger partial charge in [0.15, 0.2) is 0 Å². The number of benzene rings is 1. The minimum absolute atomic E-state index is 0.583. The van der Waals surface area contributed by atoms with E-state index < -0.39 is 0 Å². The Hall–Kier alpha value is -1.68. The van der Waals surface area contributed by atoms with Crippen molar-refractivity contribution in [1.29, 1.82) is 0 Å². The average Bonchev–Trinajstić information content (AvgIpc) is 2.88. The Labute approximate surface area is 114 Å². The van der Waals surface area contributed by atoms with Crippen LogP contribution in [0.5, 0.6) is 0 Å². The molecule has 4 heteroatoms. The fourth-order valence-electron chi connectivity index (χ4n) is 1.85. The van der Waals surface area contributed by atoms with Crippen molar-refractivity contribution in [3.05, 3.63) is 36.2 Å². The standard InChI is InChI=1S/C15H21N3O/c1-12(2)7-6-10-16-11-14-17-18-15(19-14)13-8-4-3-5-9-13/h3-5,8-9,12,16H,6-7,10-11H2,1-2H3. The minimum atomic E-state index is 0.583. The molecule has 0 unspecified atom stereocenters. The molecule has 1 heterocycles. The van der Waals surface area contributed by atoms with Crippen molar-refractivity contribution in [1.82, 2.24) is 15.5 Å². The van der Waals surface area contributed by atoms with Crippen molar-refractivity contribution in [2.24, 2.45) is 5.92 Å². The second-order valence-corrected chi connectivity index (χ2v) is 5.08. The van der Waals surface area contributed by atoms with Crippen LogP contribution in [-0.2, 0) is 6.54 Å². The largest absolute Gasteiger partial charge is 0.419 e. The first-order valence-corrected chi connectivity index (χ1v) is 6.84. The van der Waals surface area contributed by atoms with E-state index in [9.17, 15) is 0 Å². The lowest BCUT2D eigenvalue weighted by Gasteiger charge is -2.04. The number of rotatable bonds is 7. The molecular weight excluding hydrogens is 238 g/mol. The van der Waals surface area contributed by atoms with E-state index in [2.05, 4.69) is 29.4 Å². The third-order valence-corrected chi connectivity index (χ3v) is 2.90. The number of nitrogens with one attached hydrogen (secondary N) is 1. The van der Waals surface area contributed by atoms with Gasteiger partial charge in [-0.05, 0) is 37.4 Å². The van der Waals surface area contributed by atoms with E-state index in [1.165, 1.54) is 12.8 Å². The summed E-state index contributed by atoms with van der Waals surface area (Å²) >= 11 is 0. The van der Waals surface area contributed by atoms with Gasteiger partial charge in [-0.2, -0.15) is 0 Å². The Bertz CT molecular complexity index is 479. The summed E-state index contributed by atoms with van der Waals surface area (Å²) in [6, 6.07) is 9.82. The van der Waals surface area contributed by atoms with Crippen LogP contribution < -0.4 is 5.32 Å². The normalized spacial score (nSPS) is 11.1. The van der Waals surface area contributed by atoms with Gasteiger partial charge >= 0.3 is 0 Å². The molecule has 0 atom stereocenters. The van der Waals surface area contributed by atoms with E-state index in [0.29, 0.717) is 18.3 Å². The molecule has 102 valence electrons. The van der Waals surface area contributed by atoms with Crippen LogP contribution >= 0.6 is 0 Å². The minimum Gasteiger partial charge on any atom is -0.419 e. The van der Waals surface area contributed by atoms with E-state index in [-0.39, 0.29) is 0 Å². The molecule has 0 aliphatic carbocycles. The highest BCUT2D eigenvalue weighted by Gasteiger charge is 2.07. The summed E-state index contributed by atoms with van der Waals surface area (Å²) in [5.74, 6) is 1.98. The van der Waals surface area contributed by atoms with Crippen molar-refractivity contribution < 1.29 is 4.42 Å². The lowest BCUT2D eigenvalue weighted by Crippen LogP contribution is -2.15. The quantitative estimate of drug-likeness (QED) is 0.775. The van der Waals surface area contributed by atoms with E-state index in [0.717, 1.165) is 18.0 Å². The molecule has 0 aliphatic rings. The van der Waals surface area contributed by atoms with Crippen molar-refractivity contribution in [2.45, 2.75) is 33.2 Å². The fraction of sp³-hybridized carbons (Fsp3) is 0.467. The fourth-order valence-corrected chi connectivity index (χ4v) is 1.85. The molecule has 0 amide bonds. The first-order chi connectivity index (χ1) is 9.25. The van der Waals surface area contributed by atoms with E-state index >= 15 is 0 Å². The molecule has 2 aromatic rings. The van der Waals surface area contributed by atoms with Gasteiger partial charge in [-0.1, -0.05) is 32.0 Å². The summed E-state index contributed by atoms with van der Waals surface area (Å²) in [6.45, 7) is 6.10. The number of hydrogen-bond donors (Lipinski definition) is 1. The van der Waals surface area contributed by atoms with Crippen LogP contribution in [0.25, 0.3) is 11.5 Å². The van der Waals surface area contributed by atoms with Crippen molar-refractivity contribution >= 4 is 0 Å². The van der Waals surface area contributed by atoms with E-state index in [1.54, 1.807) is 0 Å². The molecule has 19 heavy (non-hydrogen) atoms. The highest BCUT2D eigenvalue weighted by Crippen LogP contribution is 2.16. The summed E-state index contributed by atoms with van der Waals surface area (Å²) in [4.78, 5) is 0. The predicted octanol–water partition coefficient (Wildman–Crippen LogP) is 3.26. The van der Waals surface area contributed by atoms with Crippen molar-refractivity contribution in [3.8, 4) is 11.5 Å². The zero-order valence-electron chi connectivity index (χ0n) is 11.6. The van der Waals surface area contributed by atoms with Gasteiger partial charge in [0.05, 0.1) is 6.54 Å². The smallest absolute Gasteiger partial charge is 0.247 e. The lowest BCUT2D eigenvalue weighted by atomic mass is 10.1. The third-order valence-electron chi connectivity index (χ3n) is 2.90. The molecule has 0 fully saturated rings. The van der Waals surface area contributed by atoms with E-state index in [1.807, 2.05) is 30.3 Å². The van der Waals surface area contributed by atoms with Crippen molar-refractivity contribution in [3.63, 3.8) is 0 Å². The third kappa shape index (κ3) is 4.48. The molecule has 1 N–H and O–H groups in total. The highest BCUT2D eigenvalue weighted by molar-refractivity contribution is 5.51. The van der Waals surface area contributed by atoms with Gasteiger partial charge in [0.2, 0.25) is 11.8 Å². The number of aromatic nitrogens is 2. The topological polar surface area (TPSA) is 51.0 Å². The molecule has 0 saturated heterocycles. The Kier molecular flexibility index (Phi) is 5.10. The molecule has 1 aromatic carbocycles. The van der Waals surface area contributed by atoms with Crippen LogP contribution in [0, 0.1) is 5.92 Å². The highest BCUT2D eigenvalue weighted by atomic mass is 16.4. The van der Waals surface area contributed by atoms with Gasteiger partial charge in [0, 0.05) is 5.56 Å². The SMILES string of the molecule is CC(C)CCCNCc1nnc(-c2ccccc2)o1. The number of nitrogens with zero attached hydrogens (tertiary/aromatic N) is 2. The molecule has 0 spiro atoms. The average molecular weight is 259 g/mol. The molecule has 0 radical (unpaired) electrons. The summed E-state index contributed by atoms with van der Waals surface area (Å²) in [7, 11) is 0. The molecule has 0 saturated carbocycles. The zero-order chi connectivity index (χ0) is 13.5. The first-order valence-electron chi connectivity index (χ1n) is 6.84. The summed E-state index contributed by atoms with van der Waals surface area (Å²) in [5, 5.41) is 11.4. The van der Waals surface area contributed by atoms with Crippen LogP contribution in [0.3, 0.4) is 0 Å². The molecule has 2 rings (SSSR count). The van der Waals surface area contributed by atoms with Crippen LogP contribution in [0.4, 0.5) is 0 Å². The summed E-state index contributed by atoms with van der Waals surface area (Å²) < 4.78 is 5.61. The zero-order valence-corrected chi connectivity index (χ0v) is 11.6. The predicted molar refractivity (Wildman–Crippen MR) is 75.5 cm³/mol. The summed E-state index contributed by atoms with van der Waals surface area (Å²) in [5.41, 5.74) is 0.959. The molecular formula is C15H21N3O. The van der Waals surface area contributed by atoms with E-state index in [4.69, 9.17) is 4.42 Å². The van der Waals surface area contributed by atoms with Crippen molar-refractivity contribution in [2.75, 3.05) is 6.54 Å². The Morgan fingerprint density at radius 1 is 1.16 bits per heavy atom. The maximum Gasteiger partial charge on any atom is 0.247 e. The maximum absolute atomic E-state index is 5.61. The molecule has 1 aromatic heterocycles. The van der Waals surface area contributed by atoms with Gasteiger partial charge in [-0.3, -0.25) is 0 Å². The second-order valence-electron chi connectivity index (χ2n) is 5.08. The monoisotopic (exact) mass is 259 g/mol. The summed E-state index contributed by atoms with van der Waals surface area (Å²) in [6.07, 6.45) is 2.42. The van der Waals surface area contributed by atoms with Gasteiger partial charge in [-0.25, -0.2) is 0 Å². The van der Waals surface area contributed by atoms with Crippen LogP contribution in [-0.4, -0.2) is 16.7 Å². The maximum atomic E-state index is 5.61. The second kappa shape index (κ2) is 7.04. The number of hydrogen-bond acceptors (Lipinski definition) is 4. The molecule has 0 bridgehead atoms. The molecule has 0 aliphatic heterocycles. The van der Waals surface area contributed by atoms with Gasteiger partial charge in [0.25, 0.3) is 0 Å². The van der Waals surface area contributed by atoms with Gasteiger partial charge in [-0.15, -0.1) is 10.2 Å². The Balaban J connectivity index is 1.78. The van der Waals surface area contributed by atoms with Crippen LogP contribution in [0.2, 0.25) is 0 Å².